The number of benzene rings is 1. The molecule has 1 aromatic heterocycles. The van der Waals surface area contributed by atoms with Crippen LogP contribution >= 0.6 is 11.3 Å². The van der Waals surface area contributed by atoms with Crippen LogP contribution in [0.3, 0.4) is 0 Å². The van der Waals surface area contributed by atoms with Crippen LogP contribution in [0.4, 0.5) is 0 Å². The van der Waals surface area contributed by atoms with Crippen molar-refractivity contribution in [1.29, 1.82) is 0 Å². The molecule has 0 unspecified atom stereocenters. The van der Waals surface area contributed by atoms with Gasteiger partial charge in [-0.3, -0.25) is 9.69 Å². The summed E-state index contributed by atoms with van der Waals surface area (Å²) in [7, 11) is 2.01. The van der Waals surface area contributed by atoms with Crippen LogP contribution in [0.5, 0.6) is 0 Å². The molecule has 1 aromatic carbocycles. The zero-order valence-electron chi connectivity index (χ0n) is 15.5. The number of hydrogen-bond acceptors (Lipinski definition) is 4. The molecular weight excluding hydrogens is 344 g/mol. The first-order valence-corrected chi connectivity index (χ1v) is 10.6. The van der Waals surface area contributed by atoms with E-state index in [9.17, 15) is 4.79 Å². The summed E-state index contributed by atoms with van der Waals surface area (Å²) in [5.74, 6) is 0.249. The number of hydrogen-bond donors (Lipinski definition) is 0. The lowest BCUT2D eigenvalue weighted by molar-refractivity contribution is -0.134. The lowest BCUT2D eigenvalue weighted by Crippen LogP contribution is -2.56. The fraction of sp³-hybridized carbons (Fsp3) is 0.571. The van der Waals surface area contributed by atoms with Crippen molar-refractivity contribution in [3.8, 4) is 0 Å². The van der Waals surface area contributed by atoms with Crippen LogP contribution in [0.15, 0.2) is 29.6 Å². The second-order valence-electron chi connectivity index (χ2n) is 7.51. The first-order chi connectivity index (χ1) is 12.7. The number of nitrogens with zero attached hydrogens (tertiary/aromatic N) is 2. The summed E-state index contributed by atoms with van der Waals surface area (Å²) in [6, 6.07) is 9.20. The first kappa shape index (κ1) is 18.0. The van der Waals surface area contributed by atoms with E-state index in [-0.39, 0.29) is 5.91 Å². The van der Waals surface area contributed by atoms with Gasteiger partial charge in [0.05, 0.1) is 19.6 Å². The van der Waals surface area contributed by atoms with Crippen LogP contribution in [0.1, 0.15) is 31.2 Å². The highest BCUT2D eigenvalue weighted by Crippen LogP contribution is 2.29. The summed E-state index contributed by atoms with van der Waals surface area (Å²) in [5.41, 5.74) is 1.17. The molecule has 2 fully saturated rings. The highest BCUT2D eigenvalue weighted by atomic mass is 32.1. The average Bonchev–Trinajstić information content (AvgIpc) is 3.11. The van der Waals surface area contributed by atoms with Crippen LogP contribution in [0.25, 0.3) is 10.1 Å². The molecule has 1 saturated carbocycles. The van der Waals surface area contributed by atoms with E-state index in [1.165, 1.54) is 34.9 Å². The van der Waals surface area contributed by atoms with E-state index in [2.05, 4.69) is 34.5 Å². The van der Waals surface area contributed by atoms with Gasteiger partial charge in [0.25, 0.3) is 0 Å². The van der Waals surface area contributed by atoms with Gasteiger partial charge in [-0.2, -0.15) is 0 Å². The number of carbonyl (C=O) groups excluding carboxylic acids is 1. The minimum atomic E-state index is 0.249. The predicted octanol–water partition coefficient (Wildman–Crippen LogP) is 3.55. The lowest BCUT2D eigenvalue weighted by atomic mass is 9.87. The van der Waals surface area contributed by atoms with Crippen LogP contribution < -0.4 is 0 Å². The van der Waals surface area contributed by atoms with E-state index < -0.39 is 0 Å². The molecule has 1 aliphatic heterocycles. The maximum Gasteiger partial charge on any atom is 0.227 e. The highest BCUT2D eigenvalue weighted by Gasteiger charge is 2.35. The zero-order valence-corrected chi connectivity index (χ0v) is 16.3. The Kier molecular flexibility index (Phi) is 5.57. The van der Waals surface area contributed by atoms with Crippen molar-refractivity contribution in [1.82, 2.24) is 9.80 Å². The first-order valence-electron chi connectivity index (χ1n) is 9.76. The number of likely N-dealkylation sites (N-methyl/N-ethyl adjacent to an activating group) is 1. The van der Waals surface area contributed by atoms with E-state index in [1.807, 2.05) is 11.9 Å². The molecule has 0 spiro atoms. The Balaban J connectivity index is 1.47. The third-order valence-corrected chi connectivity index (χ3v) is 7.01. The smallest absolute Gasteiger partial charge is 0.227 e. The molecule has 1 amide bonds. The molecule has 2 heterocycles. The van der Waals surface area contributed by atoms with Gasteiger partial charge < -0.3 is 9.64 Å². The molecule has 140 valence electrons. The molecular formula is C21H28N2O2S. The predicted molar refractivity (Wildman–Crippen MR) is 107 cm³/mol. The molecule has 1 aliphatic carbocycles. The van der Waals surface area contributed by atoms with Crippen molar-refractivity contribution in [3.05, 3.63) is 35.2 Å². The third-order valence-electron chi connectivity index (χ3n) is 6.00. The van der Waals surface area contributed by atoms with Gasteiger partial charge >= 0.3 is 0 Å². The van der Waals surface area contributed by atoms with E-state index in [4.69, 9.17) is 4.74 Å². The number of ether oxygens (including phenoxy) is 1. The van der Waals surface area contributed by atoms with Gasteiger partial charge in [0, 0.05) is 36.9 Å². The largest absolute Gasteiger partial charge is 0.379 e. The van der Waals surface area contributed by atoms with Gasteiger partial charge in [-0.25, -0.2) is 0 Å². The highest BCUT2D eigenvalue weighted by molar-refractivity contribution is 7.17. The summed E-state index contributed by atoms with van der Waals surface area (Å²) < 4.78 is 6.79. The molecule has 0 N–H and O–H groups in total. The van der Waals surface area contributed by atoms with E-state index in [0.29, 0.717) is 18.5 Å². The van der Waals surface area contributed by atoms with E-state index in [0.717, 1.165) is 32.7 Å². The summed E-state index contributed by atoms with van der Waals surface area (Å²) in [6.07, 6.45) is 5.32. The Bertz CT molecular complexity index is 753. The van der Waals surface area contributed by atoms with Crippen LogP contribution in [0.2, 0.25) is 0 Å². The third kappa shape index (κ3) is 3.66. The number of amides is 1. The Morgan fingerprint density at radius 3 is 2.85 bits per heavy atom. The second-order valence-corrected chi connectivity index (χ2v) is 8.42. The number of morpholine rings is 1. The molecule has 1 saturated heterocycles. The molecule has 26 heavy (non-hydrogen) atoms. The Labute approximate surface area is 159 Å². The summed E-state index contributed by atoms with van der Waals surface area (Å²) >= 11 is 1.73. The maximum absolute atomic E-state index is 13.1. The van der Waals surface area contributed by atoms with E-state index >= 15 is 0 Å². The van der Waals surface area contributed by atoms with Crippen LogP contribution in [-0.4, -0.2) is 61.1 Å². The minimum absolute atomic E-state index is 0.249. The standard InChI is InChI=1S/C21H28N2O2S/c1-22(18-7-3-4-8-19(18)23-10-12-25-13-11-23)21(24)14-16-15-26-20-9-5-2-6-17(16)20/h2,5-6,9,15,18-19H,3-4,7-8,10-14H2,1H3/t18-,19-/m1/s1. The summed E-state index contributed by atoms with van der Waals surface area (Å²) in [4.78, 5) is 17.7. The Morgan fingerprint density at radius 1 is 1.23 bits per heavy atom. The fourth-order valence-corrected chi connectivity index (χ4v) is 5.48. The number of thiophene rings is 1. The van der Waals surface area contributed by atoms with Gasteiger partial charge in [0.2, 0.25) is 5.91 Å². The van der Waals surface area contributed by atoms with Crippen molar-refractivity contribution >= 4 is 27.3 Å². The zero-order chi connectivity index (χ0) is 17.9. The molecule has 0 radical (unpaired) electrons. The molecule has 0 bridgehead atoms. The molecule has 4 rings (SSSR count). The van der Waals surface area contributed by atoms with Gasteiger partial charge in [-0.1, -0.05) is 31.0 Å². The van der Waals surface area contributed by atoms with Crippen molar-refractivity contribution in [2.24, 2.45) is 0 Å². The van der Waals surface area contributed by atoms with Gasteiger partial charge in [-0.05, 0) is 35.2 Å². The average molecular weight is 373 g/mol. The van der Waals surface area contributed by atoms with Crippen molar-refractivity contribution in [2.45, 2.75) is 44.2 Å². The molecule has 4 nitrogen and oxygen atoms in total. The van der Waals surface area contributed by atoms with Gasteiger partial charge in [0.15, 0.2) is 0 Å². The van der Waals surface area contributed by atoms with Gasteiger partial charge in [-0.15, -0.1) is 11.3 Å². The summed E-state index contributed by atoms with van der Waals surface area (Å²) in [6.45, 7) is 3.64. The minimum Gasteiger partial charge on any atom is -0.379 e. The monoisotopic (exact) mass is 372 g/mol. The van der Waals surface area contributed by atoms with Crippen molar-refractivity contribution in [3.63, 3.8) is 0 Å². The second kappa shape index (κ2) is 8.07. The lowest BCUT2D eigenvalue weighted by Gasteiger charge is -2.45. The molecule has 2 aliphatic rings. The molecule has 5 heteroatoms. The van der Waals surface area contributed by atoms with Crippen LogP contribution in [0, 0.1) is 0 Å². The van der Waals surface area contributed by atoms with Crippen molar-refractivity contribution in [2.75, 3.05) is 33.4 Å². The Hall–Kier alpha value is -1.43. The number of rotatable bonds is 4. The summed E-state index contributed by atoms with van der Waals surface area (Å²) in [5, 5.41) is 3.38. The van der Waals surface area contributed by atoms with Crippen LogP contribution in [-0.2, 0) is 16.0 Å². The number of fused-ring (bicyclic) bond motifs is 1. The fourth-order valence-electron chi connectivity index (χ4n) is 4.52. The van der Waals surface area contributed by atoms with Gasteiger partial charge in [0.1, 0.15) is 0 Å². The maximum atomic E-state index is 13.1. The topological polar surface area (TPSA) is 32.8 Å². The normalized spacial score (nSPS) is 24.7. The molecule has 2 atom stereocenters. The Morgan fingerprint density at radius 2 is 2.00 bits per heavy atom. The number of carbonyl (C=O) groups is 1. The SMILES string of the molecule is CN(C(=O)Cc1csc2ccccc12)[C@@H]1CCCC[C@H]1N1CCOCC1. The molecule has 2 aromatic rings. The van der Waals surface area contributed by atoms with Crippen molar-refractivity contribution < 1.29 is 9.53 Å². The van der Waals surface area contributed by atoms with E-state index in [1.54, 1.807) is 11.3 Å². The quantitative estimate of drug-likeness (QED) is 0.823.